The second kappa shape index (κ2) is 9.42. The highest BCUT2D eigenvalue weighted by Gasteiger charge is 2.19. The number of rotatable bonds is 5. The van der Waals surface area contributed by atoms with Gasteiger partial charge in [0.1, 0.15) is 5.75 Å². The first-order valence-electron chi connectivity index (χ1n) is 8.86. The summed E-state index contributed by atoms with van der Waals surface area (Å²) >= 11 is 0. The second-order valence-corrected chi connectivity index (χ2v) is 6.70. The van der Waals surface area contributed by atoms with Crippen LogP contribution in [0.3, 0.4) is 0 Å². The van der Waals surface area contributed by atoms with Crippen LogP contribution in [0.5, 0.6) is 5.75 Å². The molecule has 3 rings (SSSR count). The van der Waals surface area contributed by atoms with Gasteiger partial charge in [-0.05, 0) is 55.8 Å². The van der Waals surface area contributed by atoms with Gasteiger partial charge in [0.15, 0.2) is 0 Å². The van der Waals surface area contributed by atoms with Crippen LogP contribution in [0.15, 0.2) is 24.3 Å². The lowest BCUT2D eigenvalue weighted by molar-refractivity contribution is 0.243. The van der Waals surface area contributed by atoms with Crippen molar-refractivity contribution >= 4 is 12.4 Å². The number of hydrogen-bond acceptors (Lipinski definition) is 2. The van der Waals surface area contributed by atoms with Gasteiger partial charge in [-0.15, -0.1) is 12.4 Å². The predicted molar refractivity (Wildman–Crippen MR) is 95.2 cm³/mol. The maximum atomic E-state index is 6.17. The Morgan fingerprint density at radius 1 is 0.955 bits per heavy atom. The van der Waals surface area contributed by atoms with E-state index in [1.165, 1.54) is 56.9 Å². The Hall–Kier alpha value is -0.730. The molecule has 1 saturated carbocycles. The van der Waals surface area contributed by atoms with Crippen LogP contribution in [0.25, 0.3) is 0 Å². The number of hydrogen-bond donors (Lipinski definition) is 1. The minimum Gasteiger partial charge on any atom is -0.493 e. The van der Waals surface area contributed by atoms with Crippen molar-refractivity contribution in [3.05, 3.63) is 29.8 Å². The van der Waals surface area contributed by atoms with E-state index >= 15 is 0 Å². The molecule has 1 heterocycles. The standard InChI is InChI=1S/C19H29NO.ClH/c1-2-6-16(7-3-1)12-15-21-19-9-5-4-8-18(19)17-10-13-20-14-11-17;/h4-5,8-9,16-17,20H,1-3,6-7,10-15H2;1H. The molecule has 1 aromatic rings. The van der Waals surface area contributed by atoms with Gasteiger partial charge in [0.2, 0.25) is 0 Å². The fourth-order valence-electron chi connectivity index (χ4n) is 3.89. The Morgan fingerprint density at radius 3 is 2.45 bits per heavy atom. The minimum atomic E-state index is 0. The number of benzene rings is 1. The third-order valence-electron chi connectivity index (χ3n) is 5.21. The van der Waals surface area contributed by atoms with Crippen molar-refractivity contribution in [3.63, 3.8) is 0 Å². The summed E-state index contributed by atoms with van der Waals surface area (Å²) in [5, 5.41) is 3.45. The molecule has 0 bridgehead atoms. The summed E-state index contributed by atoms with van der Waals surface area (Å²) < 4.78 is 6.17. The molecule has 0 atom stereocenters. The van der Waals surface area contributed by atoms with Gasteiger partial charge in [-0.25, -0.2) is 0 Å². The molecule has 0 radical (unpaired) electrons. The normalized spacial score (nSPS) is 20.4. The van der Waals surface area contributed by atoms with Crippen LogP contribution in [0, 0.1) is 5.92 Å². The van der Waals surface area contributed by atoms with Gasteiger partial charge in [-0.2, -0.15) is 0 Å². The fraction of sp³-hybridized carbons (Fsp3) is 0.684. The van der Waals surface area contributed by atoms with E-state index in [0.717, 1.165) is 31.4 Å². The molecule has 1 saturated heterocycles. The van der Waals surface area contributed by atoms with Crippen LogP contribution >= 0.6 is 12.4 Å². The SMILES string of the molecule is Cl.c1ccc(C2CCNCC2)c(OCCC2CCCCC2)c1. The van der Waals surface area contributed by atoms with Crippen molar-refractivity contribution in [2.45, 2.75) is 57.3 Å². The number of piperidine rings is 1. The Balaban J connectivity index is 0.00000176. The van der Waals surface area contributed by atoms with E-state index in [0.29, 0.717) is 5.92 Å². The highest BCUT2D eigenvalue weighted by atomic mass is 35.5. The molecule has 2 fully saturated rings. The number of ether oxygens (including phenoxy) is 1. The monoisotopic (exact) mass is 323 g/mol. The molecule has 1 aliphatic carbocycles. The summed E-state index contributed by atoms with van der Waals surface area (Å²) in [6.07, 6.45) is 10.8. The summed E-state index contributed by atoms with van der Waals surface area (Å²) in [5.41, 5.74) is 1.43. The van der Waals surface area contributed by atoms with Crippen molar-refractivity contribution in [1.29, 1.82) is 0 Å². The van der Waals surface area contributed by atoms with E-state index in [2.05, 4.69) is 29.6 Å². The molecule has 0 spiro atoms. The van der Waals surface area contributed by atoms with Crippen molar-refractivity contribution < 1.29 is 4.74 Å². The van der Waals surface area contributed by atoms with Gasteiger partial charge < -0.3 is 10.1 Å². The number of halogens is 1. The van der Waals surface area contributed by atoms with Crippen molar-refractivity contribution in [1.82, 2.24) is 5.32 Å². The Labute approximate surface area is 141 Å². The third kappa shape index (κ3) is 4.89. The summed E-state index contributed by atoms with van der Waals surface area (Å²) in [5.74, 6) is 2.72. The summed E-state index contributed by atoms with van der Waals surface area (Å²) in [6.45, 7) is 3.18. The first-order chi connectivity index (χ1) is 10.4. The van der Waals surface area contributed by atoms with Crippen LogP contribution in [0.1, 0.15) is 62.8 Å². The van der Waals surface area contributed by atoms with E-state index in [4.69, 9.17) is 4.74 Å². The first kappa shape index (κ1) is 17.6. The van der Waals surface area contributed by atoms with E-state index in [9.17, 15) is 0 Å². The molecule has 2 nitrogen and oxygen atoms in total. The maximum absolute atomic E-state index is 6.17. The molecule has 22 heavy (non-hydrogen) atoms. The van der Waals surface area contributed by atoms with E-state index in [1.807, 2.05) is 0 Å². The lowest BCUT2D eigenvalue weighted by Crippen LogP contribution is -2.26. The molecule has 1 aliphatic heterocycles. The highest BCUT2D eigenvalue weighted by Crippen LogP contribution is 2.33. The molecule has 1 N–H and O–H groups in total. The first-order valence-corrected chi connectivity index (χ1v) is 8.86. The smallest absolute Gasteiger partial charge is 0.122 e. The zero-order valence-electron chi connectivity index (χ0n) is 13.6. The van der Waals surface area contributed by atoms with Crippen LogP contribution in [-0.2, 0) is 0 Å². The van der Waals surface area contributed by atoms with Gasteiger partial charge in [-0.3, -0.25) is 0 Å². The quantitative estimate of drug-likeness (QED) is 0.830. The van der Waals surface area contributed by atoms with Gasteiger partial charge in [-0.1, -0.05) is 50.3 Å². The zero-order valence-corrected chi connectivity index (χ0v) is 14.4. The van der Waals surface area contributed by atoms with Gasteiger partial charge >= 0.3 is 0 Å². The maximum Gasteiger partial charge on any atom is 0.122 e. The summed E-state index contributed by atoms with van der Waals surface area (Å²) in [7, 11) is 0. The molecule has 124 valence electrons. The Morgan fingerprint density at radius 2 is 1.68 bits per heavy atom. The number of para-hydroxylation sites is 1. The topological polar surface area (TPSA) is 21.3 Å². The molecule has 1 aromatic carbocycles. The van der Waals surface area contributed by atoms with Gasteiger partial charge in [0, 0.05) is 0 Å². The lowest BCUT2D eigenvalue weighted by atomic mass is 9.87. The average Bonchev–Trinajstić information content (AvgIpc) is 2.57. The Kier molecular flexibility index (Phi) is 7.54. The molecular weight excluding hydrogens is 294 g/mol. The van der Waals surface area contributed by atoms with Crippen molar-refractivity contribution in [2.75, 3.05) is 19.7 Å². The lowest BCUT2D eigenvalue weighted by Gasteiger charge is -2.25. The fourth-order valence-corrected chi connectivity index (χ4v) is 3.89. The molecule has 0 unspecified atom stereocenters. The summed E-state index contributed by atoms with van der Waals surface area (Å²) in [6, 6.07) is 8.70. The van der Waals surface area contributed by atoms with Crippen LogP contribution in [0.4, 0.5) is 0 Å². The van der Waals surface area contributed by atoms with Gasteiger partial charge in [0.25, 0.3) is 0 Å². The number of nitrogens with one attached hydrogen (secondary N) is 1. The van der Waals surface area contributed by atoms with Crippen LogP contribution < -0.4 is 10.1 Å². The molecule has 0 amide bonds. The molecule has 0 aromatic heterocycles. The van der Waals surface area contributed by atoms with Crippen LogP contribution in [-0.4, -0.2) is 19.7 Å². The van der Waals surface area contributed by atoms with Gasteiger partial charge in [0.05, 0.1) is 6.61 Å². The Bertz CT molecular complexity index is 425. The largest absolute Gasteiger partial charge is 0.493 e. The third-order valence-corrected chi connectivity index (χ3v) is 5.21. The van der Waals surface area contributed by atoms with Crippen LogP contribution in [0.2, 0.25) is 0 Å². The summed E-state index contributed by atoms with van der Waals surface area (Å²) in [4.78, 5) is 0. The predicted octanol–water partition coefficient (Wildman–Crippen LogP) is 4.92. The van der Waals surface area contributed by atoms with E-state index in [1.54, 1.807) is 0 Å². The molecule has 2 aliphatic rings. The van der Waals surface area contributed by atoms with E-state index < -0.39 is 0 Å². The average molecular weight is 324 g/mol. The highest BCUT2D eigenvalue weighted by molar-refractivity contribution is 5.85. The minimum absolute atomic E-state index is 0. The van der Waals surface area contributed by atoms with E-state index in [-0.39, 0.29) is 12.4 Å². The van der Waals surface area contributed by atoms with Crippen molar-refractivity contribution in [3.8, 4) is 5.75 Å². The molecular formula is C19H30ClNO. The second-order valence-electron chi connectivity index (χ2n) is 6.70. The molecule has 3 heteroatoms. The van der Waals surface area contributed by atoms with Crippen molar-refractivity contribution in [2.24, 2.45) is 5.92 Å². The zero-order chi connectivity index (χ0) is 14.3.